The number of imidazole rings is 1. The van der Waals surface area contributed by atoms with E-state index in [1.54, 1.807) is 0 Å². The zero-order valence-corrected chi connectivity index (χ0v) is 12.7. The van der Waals surface area contributed by atoms with Crippen LogP contribution in [0.2, 0.25) is 13.1 Å². The van der Waals surface area contributed by atoms with Crippen molar-refractivity contribution in [2.75, 3.05) is 0 Å². The van der Waals surface area contributed by atoms with Gasteiger partial charge >= 0.3 is 0 Å². The first-order valence-corrected chi connectivity index (χ1v) is 9.86. The Balaban J connectivity index is 2.22. The van der Waals surface area contributed by atoms with E-state index in [0.29, 0.717) is 0 Å². The molecule has 0 saturated carbocycles. The number of unbranched alkanes of at least 4 members (excludes halogenated alkanes) is 1. The van der Waals surface area contributed by atoms with Crippen LogP contribution in [-0.2, 0) is 17.5 Å². The fourth-order valence-corrected chi connectivity index (χ4v) is 3.53. The van der Waals surface area contributed by atoms with Gasteiger partial charge in [0.25, 0.3) is 0 Å². The number of fused-ring (bicyclic) bond motifs is 1. The molecule has 2 aromatic heterocycles. The van der Waals surface area contributed by atoms with Crippen molar-refractivity contribution in [2.45, 2.75) is 45.9 Å². The van der Waals surface area contributed by atoms with E-state index in [2.05, 4.69) is 29.4 Å². The summed E-state index contributed by atoms with van der Waals surface area (Å²) >= 11 is 1.82. The lowest BCUT2D eigenvalue weighted by Crippen LogP contribution is -2.08. The van der Waals surface area contributed by atoms with Crippen molar-refractivity contribution in [2.24, 2.45) is 0 Å². The van der Waals surface area contributed by atoms with Gasteiger partial charge in [-0.05, 0) is 25.9 Å². The molecule has 2 rings (SSSR count). The molecule has 0 bridgehead atoms. The summed E-state index contributed by atoms with van der Waals surface area (Å²) in [5.41, 5.74) is 1.40. The maximum Gasteiger partial charge on any atom is 0.171 e. The van der Waals surface area contributed by atoms with Crippen molar-refractivity contribution in [1.29, 1.82) is 0 Å². The molecule has 0 aliphatic carbocycles. The molecule has 0 unspecified atom stereocenters. The van der Waals surface area contributed by atoms with Crippen LogP contribution in [0, 0.1) is 0 Å². The van der Waals surface area contributed by atoms with Gasteiger partial charge in [-0.15, -0.1) is 11.3 Å². The van der Waals surface area contributed by atoms with E-state index in [4.69, 9.17) is 4.43 Å². The predicted molar refractivity (Wildman–Crippen MR) is 75.3 cm³/mol. The first-order valence-electron chi connectivity index (χ1n) is 6.26. The van der Waals surface area contributed by atoms with Crippen molar-refractivity contribution in [1.82, 2.24) is 9.38 Å². The van der Waals surface area contributed by atoms with Crippen molar-refractivity contribution in [3.8, 4) is 0 Å². The Bertz CT molecular complexity index is 478. The van der Waals surface area contributed by atoms with Gasteiger partial charge in [0, 0.05) is 5.69 Å². The topological polar surface area (TPSA) is 26.5 Å². The molecule has 0 spiro atoms. The van der Waals surface area contributed by atoms with Gasteiger partial charge in [-0.1, -0.05) is 13.3 Å². The fraction of sp³-hybridized carbons (Fsp3) is 0.583. The summed E-state index contributed by atoms with van der Waals surface area (Å²) in [6.45, 7) is 7.45. The molecule has 17 heavy (non-hydrogen) atoms. The highest BCUT2D eigenvalue weighted by Gasteiger charge is 2.12. The van der Waals surface area contributed by atoms with Gasteiger partial charge < -0.3 is 4.43 Å². The van der Waals surface area contributed by atoms with Gasteiger partial charge in [0.05, 0.1) is 17.7 Å². The number of aryl methyl sites for hydroxylation is 1. The highest BCUT2D eigenvalue weighted by Crippen LogP contribution is 2.25. The molecule has 94 valence electrons. The minimum Gasteiger partial charge on any atom is -0.415 e. The summed E-state index contributed by atoms with van der Waals surface area (Å²) < 4.78 is 8.09. The summed E-state index contributed by atoms with van der Waals surface area (Å²) in [6.07, 6.45) is 7.45. The summed E-state index contributed by atoms with van der Waals surface area (Å²) in [5, 5.41) is 0. The van der Waals surface area contributed by atoms with Crippen molar-refractivity contribution in [3.05, 3.63) is 23.1 Å². The lowest BCUT2D eigenvalue weighted by atomic mass is 10.2. The molecular weight excluding hydrogens is 248 g/mol. The van der Waals surface area contributed by atoms with E-state index >= 15 is 0 Å². The van der Waals surface area contributed by atoms with E-state index in [9.17, 15) is 0 Å². The van der Waals surface area contributed by atoms with Crippen LogP contribution in [0.5, 0.6) is 0 Å². The molecule has 5 heteroatoms. The molecule has 0 aromatic carbocycles. The second-order valence-corrected chi connectivity index (χ2v) is 8.08. The van der Waals surface area contributed by atoms with Gasteiger partial charge in [-0.2, -0.15) is 0 Å². The molecule has 2 aromatic rings. The first-order chi connectivity index (χ1) is 8.22. The number of hydrogen-bond donors (Lipinski definition) is 0. The molecule has 0 amide bonds. The number of thiazole rings is 1. The van der Waals surface area contributed by atoms with Gasteiger partial charge in [0.2, 0.25) is 0 Å². The molecule has 0 radical (unpaired) electrons. The van der Waals surface area contributed by atoms with Crippen LogP contribution in [0.1, 0.15) is 30.3 Å². The minimum absolute atomic E-state index is 0.787. The lowest BCUT2D eigenvalue weighted by Gasteiger charge is -2.07. The highest BCUT2D eigenvalue weighted by molar-refractivity contribution is 7.17. The Morgan fingerprint density at radius 3 is 3.00 bits per heavy atom. The van der Waals surface area contributed by atoms with Gasteiger partial charge in [0.15, 0.2) is 9.04 Å². The van der Waals surface area contributed by atoms with Crippen LogP contribution in [-0.4, -0.2) is 18.4 Å². The first kappa shape index (κ1) is 12.8. The SMILES string of the molecule is CCCCc1c(CO[SiH](C)C)sc2cncn12. The summed E-state index contributed by atoms with van der Waals surface area (Å²) in [7, 11) is -0.932. The van der Waals surface area contributed by atoms with Crippen LogP contribution in [0.3, 0.4) is 0 Å². The largest absolute Gasteiger partial charge is 0.415 e. The normalized spacial score (nSPS) is 11.8. The number of aromatic nitrogens is 2. The Hall–Kier alpha value is -0.653. The average molecular weight is 268 g/mol. The number of hydrogen-bond acceptors (Lipinski definition) is 3. The zero-order chi connectivity index (χ0) is 12.3. The predicted octanol–water partition coefficient (Wildman–Crippen LogP) is 3.24. The maximum atomic E-state index is 5.86. The van der Waals surface area contributed by atoms with E-state index in [1.165, 1.54) is 28.2 Å². The number of nitrogens with zero attached hydrogens (tertiary/aromatic N) is 2. The Morgan fingerprint density at radius 2 is 2.29 bits per heavy atom. The van der Waals surface area contributed by atoms with Gasteiger partial charge in [-0.3, -0.25) is 4.40 Å². The molecule has 0 aliphatic rings. The monoisotopic (exact) mass is 268 g/mol. The van der Waals surface area contributed by atoms with E-state index in [1.807, 2.05) is 23.9 Å². The second kappa shape index (κ2) is 5.80. The van der Waals surface area contributed by atoms with E-state index in [-0.39, 0.29) is 0 Å². The Labute approximate surface area is 108 Å². The zero-order valence-electron chi connectivity index (χ0n) is 10.8. The van der Waals surface area contributed by atoms with Crippen LogP contribution in [0.15, 0.2) is 12.5 Å². The molecule has 3 nitrogen and oxygen atoms in total. The van der Waals surface area contributed by atoms with Crippen LogP contribution < -0.4 is 0 Å². The average Bonchev–Trinajstić information content (AvgIpc) is 2.84. The molecule has 2 heterocycles. The van der Waals surface area contributed by atoms with Crippen molar-refractivity contribution < 1.29 is 4.43 Å². The Kier molecular flexibility index (Phi) is 4.36. The van der Waals surface area contributed by atoms with E-state index < -0.39 is 9.04 Å². The lowest BCUT2D eigenvalue weighted by molar-refractivity contribution is 0.316. The minimum atomic E-state index is -0.932. The molecule has 0 N–H and O–H groups in total. The van der Waals surface area contributed by atoms with Crippen molar-refractivity contribution in [3.63, 3.8) is 0 Å². The van der Waals surface area contributed by atoms with Crippen molar-refractivity contribution >= 4 is 25.2 Å². The third-order valence-corrected chi connectivity index (χ3v) is 4.70. The molecule has 0 aliphatic heterocycles. The molecule has 0 fully saturated rings. The van der Waals surface area contributed by atoms with E-state index in [0.717, 1.165) is 13.0 Å². The summed E-state index contributed by atoms with van der Waals surface area (Å²) in [5.74, 6) is 0. The second-order valence-electron chi connectivity index (χ2n) is 4.54. The quantitative estimate of drug-likeness (QED) is 0.752. The van der Waals surface area contributed by atoms with Crippen LogP contribution >= 0.6 is 11.3 Å². The third-order valence-electron chi connectivity index (χ3n) is 2.76. The van der Waals surface area contributed by atoms with Gasteiger partial charge in [0.1, 0.15) is 11.2 Å². The fourth-order valence-electron chi connectivity index (χ4n) is 1.84. The van der Waals surface area contributed by atoms with Crippen LogP contribution in [0.25, 0.3) is 4.83 Å². The smallest absolute Gasteiger partial charge is 0.171 e. The summed E-state index contributed by atoms with van der Waals surface area (Å²) in [6, 6.07) is 0. The standard InChI is InChI=1S/C12H20N2OSSi/c1-4-5-6-10-11(8-15-17(2)3)16-12-7-13-9-14(10)12/h7,9,17H,4-6,8H2,1-3H3. The van der Waals surface area contributed by atoms with Gasteiger partial charge in [-0.25, -0.2) is 4.98 Å². The molecule has 0 saturated heterocycles. The van der Waals surface area contributed by atoms with Crippen LogP contribution in [0.4, 0.5) is 0 Å². The Morgan fingerprint density at radius 1 is 1.47 bits per heavy atom. The molecule has 0 atom stereocenters. The molecular formula is C12H20N2OSSi. The number of rotatable bonds is 6. The highest BCUT2D eigenvalue weighted by atomic mass is 32.1. The summed E-state index contributed by atoms with van der Waals surface area (Å²) in [4.78, 5) is 6.83. The third kappa shape index (κ3) is 2.97. The maximum absolute atomic E-state index is 5.86.